The van der Waals surface area contributed by atoms with Gasteiger partial charge >= 0.3 is 0 Å². The van der Waals surface area contributed by atoms with Gasteiger partial charge < -0.3 is 10.2 Å². The number of carbonyl (C=O) groups is 2. The standard InChI is InChI=1S/C29H42N4O4S2/c1-5-15-32(16-6-2)29(35)26-24-14-18-31(7-3)20-25(24)38-28(26)30-27(34)22-10-12-23(13-11-22)39(36,37)33-17-8-9-21(4)19-33/h10-13,21H,5-9,14-20H2,1-4H3,(H,30,34). The number of nitrogens with one attached hydrogen (secondary N) is 1. The monoisotopic (exact) mass is 574 g/mol. The number of hydrogen-bond acceptors (Lipinski definition) is 6. The van der Waals surface area contributed by atoms with E-state index in [9.17, 15) is 18.0 Å². The lowest BCUT2D eigenvalue weighted by Gasteiger charge is -2.30. The van der Waals surface area contributed by atoms with Gasteiger partial charge in [0.1, 0.15) is 5.00 Å². The summed E-state index contributed by atoms with van der Waals surface area (Å²) in [4.78, 5) is 32.7. The zero-order valence-corrected chi connectivity index (χ0v) is 25.3. The Morgan fingerprint density at radius 3 is 2.38 bits per heavy atom. The van der Waals surface area contributed by atoms with Crippen LogP contribution in [0.1, 0.15) is 84.5 Å². The fraction of sp³-hybridized carbons (Fsp3) is 0.586. The van der Waals surface area contributed by atoms with Crippen molar-refractivity contribution >= 4 is 38.2 Å². The molecule has 0 saturated carbocycles. The van der Waals surface area contributed by atoms with Crippen molar-refractivity contribution in [1.82, 2.24) is 14.1 Å². The third-order valence-corrected chi connectivity index (χ3v) is 10.7. The van der Waals surface area contributed by atoms with Crippen molar-refractivity contribution in [3.63, 3.8) is 0 Å². The molecule has 1 aromatic carbocycles. The molecule has 1 unspecified atom stereocenters. The van der Waals surface area contributed by atoms with Crippen molar-refractivity contribution in [3.05, 3.63) is 45.8 Å². The molecule has 2 aliphatic rings. The van der Waals surface area contributed by atoms with Gasteiger partial charge in [-0.3, -0.25) is 14.5 Å². The molecule has 214 valence electrons. The molecule has 3 heterocycles. The van der Waals surface area contributed by atoms with Crippen LogP contribution in [-0.4, -0.2) is 73.6 Å². The first kappa shape index (κ1) is 29.7. The minimum Gasteiger partial charge on any atom is -0.339 e. The molecule has 0 spiro atoms. The molecule has 4 rings (SSSR count). The highest BCUT2D eigenvalue weighted by molar-refractivity contribution is 7.89. The summed E-state index contributed by atoms with van der Waals surface area (Å²) in [6, 6.07) is 6.14. The number of thiophene rings is 1. The second-order valence-electron chi connectivity index (χ2n) is 10.7. The van der Waals surface area contributed by atoms with Gasteiger partial charge in [0, 0.05) is 49.7 Å². The van der Waals surface area contributed by atoms with Crippen LogP contribution in [0.3, 0.4) is 0 Å². The quantitative estimate of drug-likeness (QED) is 0.428. The number of sulfonamides is 1. The molecule has 1 fully saturated rings. The van der Waals surface area contributed by atoms with Gasteiger partial charge in [-0.1, -0.05) is 27.7 Å². The minimum atomic E-state index is -3.60. The molecule has 0 radical (unpaired) electrons. The highest BCUT2D eigenvalue weighted by atomic mass is 32.2. The number of likely N-dealkylation sites (N-methyl/N-ethyl adjacent to an activating group) is 1. The molecule has 39 heavy (non-hydrogen) atoms. The van der Waals surface area contributed by atoms with Gasteiger partial charge in [-0.05, 0) is 74.4 Å². The molecule has 2 aromatic rings. The zero-order valence-electron chi connectivity index (χ0n) is 23.7. The molecule has 1 aromatic heterocycles. The van der Waals surface area contributed by atoms with Gasteiger partial charge in [0.25, 0.3) is 11.8 Å². The number of anilines is 1. The molecule has 1 atom stereocenters. The SMILES string of the molecule is CCCN(CCC)C(=O)c1c(NC(=O)c2ccc(S(=O)(=O)N3CCCC(C)C3)cc2)sc2c1CCN(CC)C2. The van der Waals surface area contributed by atoms with Crippen LogP contribution in [0.25, 0.3) is 0 Å². The maximum atomic E-state index is 13.8. The Kier molecular flexibility index (Phi) is 9.85. The van der Waals surface area contributed by atoms with Crippen LogP contribution in [0.2, 0.25) is 0 Å². The van der Waals surface area contributed by atoms with E-state index in [-0.39, 0.29) is 16.7 Å². The van der Waals surface area contributed by atoms with Crippen LogP contribution in [0.5, 0.6) is 0 Å². The van der Waals surface area contributed by atoms with E-state index in [4.69, 9.17) is 0 Å². The lowest BCUT2D eigenvalue weighted by molar-refractivity contribution is 0.0755. The van der Waals surface area contributed by atoms with E-state index in [2.05, 4.69) is 37.9 Å². The minimum absolute atomic E-state index is 0.0198. The molecule has 2 amide bonds. The summed E-state index contributed by atoms with van der Waals surface area (Å²) in [5, 5.41) is 3.61. The zero-order chi connectivity index (χ0) is 28.2. The summed E-state index contributed by atoms with van der Waals surface area (Å²) in [7, 11) is -3.60. The third-order valence-electron chi connectivity index (χ3n) is 7.67. The Morgan fingerprint density at radius 2 is 1.77 bits per heavy atom. The first-order valence-corrected chi connectivity index (χ1v) is 16.5. The van der Waals surface area contributed by atoms with E-state index >= 15 is 0 Å². The maximum Gasteiger partial charge on any atom is 0.257 e. The first-order valence-electron chi connectivity index (χ1n) is 14.3. The molecule has 0 bridgehead atoms. The fourth-order valence-electron chi connectivity index (χ4n) is 5.52. The number of fused-ring (bicyclic) bond motifs is 1. The van der Waals surface area contributed by atoms with Crippen molar-refractivity contribution in [2.45, 2.75) is 71.2 Å². The summed E-state index contributed by atoms with van der Waals surface area (Å²) < 4.78 is 27.8. The van der Waals surface area contributed by atoms with Gasteiger partial charge in [0.2, 0.25) is 10.0 Å². The number of carbonyl (C=O) groups excluding carboxylic acids is 2. The van der Waals surface area contributed by atoms with Gasteiger partial charge in [0.15, 0.2) is 0 Å². The summed E-state index contributed by atoms with van der Waals surface area (Å²) in [5.41, 5.74) is 2.04. The third kappa shape index (κ3) is 6.56. The molecular formula is C29H42N4O4S2. The predicted molar refractivity (Wildman–Crippen MR) is 157 cm³/mol. The number of amides is 2. The average Bonchev–Trinajstić information content (AvgIpc) is 3.29. The van der Waals surface area contributed by atoms with Gasteiger partial charge in [0.05, 0.1) is 10.5 Å². The molecular weight excluding hydrogens is 532 g/mol. The van der Waals surface area contributed by atoms with E-state index < -0.39 is 10.0 Å². The summed E-state index contributed by atoms with van der Waals surface area (Å²) in [5.74, 6) is -0.0289. The number of benzene rings is 1. The Labute approximate surface area is 237 Å². The Hall–Kier alpha value is -2.27. The fourth-order valence-corrected chi connectivity index (χ4v) is 8.40. The average molecular weight is 575 g/mol. The van der Waals surface area contributed by atoms with E-state index in [0.717, 1.165) is 62.2 Å². The lowest BCUT2D eigenvalue weighted by atomic mass is 10.0. The van der Waals surface area contributed by atoms with Crippen LogP contribution >= 0.6 is 11.3 Å². The topological polar surface area (TPSA) is 90.0 Å². The number of nitrogens with zero attached hydrogens (tertiary/aromatic N) is 3. The van der Waals surface area contributed by atoms with Gasteiger partial charge in [-0.25, -0.2) is 8.42 Å². The van der Waals surface area contributed by atoms with Crippen LogP contribution in [0, 0.1) is 5.92 Å². The van der Waals surface area contributed by atoms with Crippen molar-refractivity contribution in [3.8, 4) is 0 Å². The van der Waals surface area contributed by atoms with Crippen LogP contribution in [0.4, 0.5) is 5.00 Å². The van der Waals surface area contributed by atoms with E-state index in [1.54, 1.807) is 16.4 Å². The van der Waals surface area contributed by atoms with Crippen LogP contribution < -0.4 is 5.32 Å². The highest BCUT2D eigenvalue weighted by Gasteiger charge is 2.31. The molecule has 0 aliphatic carbocycles. The maximum absolute atomic E-state index is 13.8. The summed E-state index contributed by atoms with van der Waals surface area (Å²) in [6.07, 6.45) is 4.41. The second-order valence-corrected chi connectivity index (χ2v) is 13.8. The van der Waals surface area contributed by atoms with Crippen LogP contribution in [-0.2, 0) is 23.0 Å². The van der Waals surface area contributed by atoms with Crippen LogP contribution in [0.15, 0.2) is 29.2 Å². The molecule has 1 saturated heterocycles. The van der Waals surface area contributed by atoms with E-state index in [1.807, 2.05) is 4.90 Å². The number of piperidine rings is 1. The van der Waals surface area contributed by atoms with Gasteiger partial charge in [-0.15, -0.1) is 11.3 Å². The number of hydrogen-bond donors (Lipinski definition) is 1. The number of rotatable bonds is 10. The largest absolute Gasteiger partial charge is 0.339 e. The lowest BCUT2D eigenvalue weighted by Crippen LogP contribution is -2.39. The molecule has 1 N–H and O–H groups in total. The van der Waals surface area contributed by atoms with Crippen molar-refractivity contribution < 1.29 is 18.0 Å². The molecule has 10 heteroatoms. The highest BCUT2D eigenvalue weighted by Crippen LogP contribution is 2.38. The Balaban J connectivity index is 1.59. The Bertz CT molecular complexity index is 1270. The van der Waals surface area contributed by atoms with E-state index in [0.29, 0.717) is 48.2 Å². The second kappa shape index (κ2) is 12.9. The van der Waals surface area contributed by atoms with E-state index in [1.165, 1.54) is 23.5 Å². The smallest absolute Gasteiger partial charge is 0.257 e. The summed E-state index contributed by atoms with van der Waals surface area (Å²) in [6.45, 7) is 13.3. The normalized spacial score (nSPS) is 18.5. The van der Waals surface area contributed by atoms with Gasteiger partial charge in [-0.2, -0.15) is 4.31 Å². The van der Waals surface area contributed by atoms with Crippen molar-refractivity contribution in [1.29, 1.82) is 0 Å². The summed E-state index contributed by atoms with van der Waals surface area (Å²) >= 11 is 1.49. The van der Waals surface area contributed by atoms with Crippen molar-refractivity contribution in [2.24, 2.45) is 5.92 Å². The Morgan fingerprint density at radius 1 is 1.08 bits per heavy atom. The van der Waals surface area contributed by atoms with Crippen molar-refractivity contribution in [2.75, 3.05) is 44.6 Å². The predicted octanol–water partition coefficient (Wildman–Crippen LogP) is 5.06. The molecule has 2 aliphatic heterocycles. The first-order chi connectivity index (χ1) is 18.7. The molecule has 8 nitrogen and oxygen atoms in total.